The quantitative estimate of drug-likeness (QED) is 0.730. The van der Waals surface area contributed by atoms with Gasteiger partial charge in [-0.05, 0) is 12.8 Å². The maximum Gasteiger partial charge on any atom is 0.204 e. The van der Waals surface area contributed by atoms with E-state index in [0.29, 0.717) is 0 Å². The molecule has 0 radical (unpaired) electrons. The highest BCUT2D eigenvalue weighted by atomic mass is 16.5. The summed E-state index contributed by atoms with van der Waals surface area (Å²) in [5, 5.41) is 0. The van der Waals surface area contributed by atoms with Crippen LogP contribution < -0.4 is 0 Å². The van der Waals surface area contributed by atoms with Gasteiger partial charge in [-0.3, -0.25) is 4.79 Å². The van der Waals surface area contributed by atoms with Gasteiger partial charge in [0.05, 0.1) is 0 Å². The molecule has 0 bridgehead atoms. The summed E-state index contributed by atoms with van der Waals surface area (Å²) in [4.78, 5) is 11.0. The number of hydrogen-bond donors (Lipinski definition) is 0. The summed E-state index contributed by atoms with van der Waals surface area (Å²) in [6.07, 6.45) is 12.1. The number of allylic oxidation sites excluding steroid dienone is 5. The highest BCUT2D eigenvalue weighted by Crippen LogP contribution is 2.23. The number of ether oxygens (including phenoxy) is 2. The van der Waals surface area contributed by atoms with Crippen molar-refractivity contribution in [1.82, 2.24) is 0 Å². The molecule has 0 amide bonds. The van der Waals surface area contributed by atoms with Crippen molar-refractivity contribution in [3.8, 4) is 0 Å². The third-order valence-corrected chi connectivity index (χ3v) is 2.48. The summed E-state index contributed by atoms with van der Waals surface area (Å²) in [6.45, 7) is 1.45. The van der Waals surface area contributed by atoms with E-state index < -0.39 is 0 Å². The Kier molecular flexibility index (Phi) is 3.25. The lowest BCUT2D eigenvalue weighted by atomic mass is 10.0. The van der Waals surface area contributed by atoms with Crippen LogP contribution in [0.15, 0.2) is 47.8 Å². The predicted octanol–water partition coefficient (Wildman–Crippen LogP) is 2.97. The van der Waals surface area contributed by atoms with E-state index >= 15 is 0 Å². The lowest BCUT2D eigenvalue weighted by molar-refractivity contribution is -0.116. The van der Waals surface area contributed by atoms with Crippen molar-refractivity contribution in [2.24, 2.45) is 0 Å². The van der Waals surface area contributed by atoms with Crippen molar-refractivity contribution in [1.29, 1.82) is 0 Å². The summed E-state index contributed by atoms with van der Waals surface area (Å²) in [7, 11) is 0. The van der Waals surface area contributed by atoms with Gasteiger partial charge in [0, 0.05) is 13.3 Å². The summed E-state index contributed by atoms with van der Waals surface area (Å²) >= 11 is 0. The Labute approximate surface area is 94.7 Å². The van der Waals surface area contributed by atoms with E-state index in [0.717, 1.165) is 25.0 Å². The first-order valence-electron chi connectivity index (χ1n) is 5.34. The van der Waals surface area contributed by atoms with Crippen molar-refractivity contribution in [3.63, 3.8) is 0 Å². The van der Waals surface area contributed by atoms with Crippen LogP contribution in [0.3, 0.4) is 0 Å². The lowest BCUT2D eigenvalue weighted by Crippen LogP contribution is -2.05. The fourth-order valence-corrected chi connectivity index (χ4v) is 1.59. The zero-order chi connectivity index (χ0) is 11.4. The molecule has 3 nitrogen and oxygen atoms in total. The second kappa shape index (κ2) is 4.84. The molecule has 0 unspecified atom stereocenters. The number of Topliss-reactive ketones (excluding diaryl/α,β-unsaturated/α-hetero) is 1. The molecule has 2 aliphatic rings. The van der Waals surface area contributed by atoms with Gasteiger partial charge in [0.15, 0.2) is 5.78 Å². The highest BCUT2D eigenvalue weighted by Gasteiger charge is 2.13. The molecule has 16 heavy (non-hydrogen) atoms. The molecule has 2 rings (SSSR count). The fraction of sp³-hybridized carbons (Fsp3) is 0.308. The molecule has 0 N–H and O–H groups in total. The van der Waals surface area contributed by atoms with Gasteiger partial charge >= 0.3 is 0 Å². The smallest absolute Gasteiger partial charge is 0.204 e. The average molecular weight is 218 g/mol. The summed E-state index contributed by atoms with van der Waals surface area (Å²) in [5.74, 6) is 0.864. The minimum absolute atomic E-state index is 0.130. The Balaban J connectivity index is 1.92. The first-order chi connectivity index (χ1) is 7.75. The van der Waals surface area contributed by atoms with Gasteiger partial charge < -0.3 is 9.47 Å². The second-order valence-electron chi connectivity index (χ2n) is 3.83. The zero-order valence-corrected chi connectivity index (χ0v) is 9.23. The van der Waals surface area contributed by atoms with Crippen LogP contribution in [0.4, 0.5) is 0 Å². The maximum absolute atomic E-state index is 11.0. The topological polar surface area (TPSA) is 35.5 Å². The minimum Gasteiger partial charge on any atom is -0.462 e. The molecule has 0 aromatic rings. The largest absolute Gasteiger partial charge is 0.462 e. The van der Waals surface area contributed by atoms with E-state index in [2.05, 4.69) is 18.2 Å². The molecule has 0 saturated carbocycles. The monoisotopic (exact) mass is 218 g/mol. The zero-order valence-electron chi connectivity index (χ0n) is 9.23. The maximum atomic E-state index is 11.0. The van der Waals surface area contributed by atoms with Crippen LogP contribution in [-0.2, 0) is 14.3 Å². The fourth-order valence-electron chi connectivity index (χ4n) is 1.59. The summed E-state index contributed by atoms with van der Waals surface area (Å²) < 4.78 is 10.5. The van der Waals surface area contributed by atoms with Crippen LogP contribution >= 0.6 is 0 Å². The second-order valence-corrected chi connectivity index (χ2v) is 3.83. The molecule has 0 aromatic carbocycles. The first-order valence-corrected chi connectivity index (χ1v) is 5.34. The molecule has 0 spiro atoms. The molecule has 1 heterocycles. The first kappa shape index (κ1) is 10.7. The minimum atomic E-state index is -0.130. The SMILES string of the molecule is CC(=O)C1=COC(CC2=CC=CCC2)=CO1. The van der Waals surface area contributed by atoms with Crippen LogP contribution in [0.5, 0.6) is 0 Å². The molecule has 3 heteroatoms. The van der Waals surface area contributed by atoms with E-state index in [1.165, 1.54) is 25.0 Å². The van der Waals surface area contributed by atoms with Crippen molar-refractivity contribution in [3.05, 3.63) is 47.8 Å². The third kappa shape index (κ3) is 2.63. The number of carbonyl (C=O) groups is 1. The van der Waals surface area contributed by atoms with Gasteiger partial charge in [0.2, 0.25) is 5.76 Å². The van der Waals surface area contributed by atoms with Crippen molar-refractivity contribution in [2.75, 3.05) is 0 Å². The predicted molar refractivity (Wildman–Crippen MR) is 60.1 cm³/mol. The van der Waals surface area contributed by atoms with Crippen LogP contribution in [-0.4, -0.2) is 5.78 Å². The number of hydrogen-bond acceptors (Lipinski definition) is 3. The Morgan fingerprint density at radius 2 is 2.25 bits per heavy atom. The van der Waals surface area contributed by atoms with E-state index in [1.807, 2.05) is 0 Å². The van der Waals surface area contributed by atoms with Gasteiger partial charge in [-0.1, -0.05) is 23.8 Å². The van der Waals surface area contributed by atoms with Crippen LogP contribution in [0, 0.1) is 0 Å². The average Bonchev–Trinajstić information content (AvgIpc) is 2.31. The Bertz CT molecular complexity index is 411. The highest BCUT2D eigenvalue weighted by molar-refractivity contribution is 5.91. The molecule has 0 atom stereocenters. The van der Waals surface area contributed by atoms with Crippen molar-refractivity contribution >= 4 is 5.78 Å². The molecule has 84 valence electrons. The summed E-state index contributed by atoms with van der Waals surface area (Å²) in [5.41, 5.74) is 1.32. The molecular formula is C13H14O3. The van der Waals surface area contributed by atoms with Gasteiger partial charge in [-0.25, -0.2) is 0 Å². The van der Waals surface area contributed by atoms with Gasteiger partial charge in [-0.2, -0.15) is 0 Å². The van der Waals surface area contributed by atoms with Crippen LogP contribution in [0.1, 0.15) is 26.2 Å². The van der Waals surface area contributed by atoms with Gasteiger partial charge in [0.1, 0.15) is 18.3 Å². The lowest BCUT2D eigenvalue weighted by Gasteiger charge is -2.15. The van der Waals surface area contributed by atoms with E-state index in [1.54, 1.807) is 0 Å². The molecular weight excluding hydrogens is 204 g/mol. The Morgan fingerprint density at radius 3 is 2.81 bits per heavy atom. The summed E-state index contributed by atoms with van der Waals surface area (Å²) in [6, 6.07) is 0. The molecule has 0 fully saturated rings. The molecule has 0 saturated heterocycles. The van der Waals surface area contributed by atoms with E-state index in [4.69, 9.17) is 9.47 Å². The number of rotatable bonds is 3. The Hall–Kier alpha value is -1.77. The van der Waals surface area contributed by atoms with Crippen molar-refractivity contribution < 1.29 is 14.3 Å². The van der Waals surface area contributed by atoms with Gasteiger partial charge in [-0.15, -0.1) is 0 Å². The standard InChI is InChI=1S/C13H14O3/c1-10(14)13-9-15-12(8-16-13)7-11-5-3-2-4-6-11/h2-3,5,8-9H,4,6-7H2,1H3. The van der Waals surface area contributed by atoms with Gasteiger partial charge in [0.25, 0.3) is 0 Å². The number of ketones is 1. The number of carbonyl (C=O) groups excluding carboxylic acids is 1. The van der Waals surface area contributed by atoms with E-state index in [-0.39, 0.29) is 11.5 Å². The van der Waals surface area contributed by atoms with Crippen LogP contribution in [0.25, 0.3) is 0 Å². The molecule has 1 aliphatic heterocycles. The molecule has 1 aliphatic carbocycles. The van der Waals surface area contributed by atoms with Crippen molar-refractivity contribution in [2.45, 2.75) is 26.2 Å². The molecule has 0 aromatic heterocycles. The Morgan fingerprint density at radius 1 is 1.38 bits per heavy atom. The van der Waals surface area contributed by atoms with Crippen LogP contribution in [0.2, 0.25) is 0 Å². The normalized spacial score (nSPS) is 18.9. The van der Waals surface area contributed by atoms with E-state index in [9.17, 15) is 4.79 Å². The third-order valence-electron chi connectivity index (χ3n) is 2.48.